The second kappa shape index (κ2) is 7.63. The summed E-state index contributed by atoms with van der Waals surface area (Å²) >= 11 is 0. The monoisotopic (exact) mass is 399 g/mol. The Morgan fingerprint density at radius 2 is 1.73 bits per heavy atom. The summed E-state index contributed by atoms with van der Waals surface area (Å²) in [4.78, 5) is 17.8. The van der Waals surface area contributed by atoms with Crippen LogP contribution in [0.25, 0.3) is 21.9 Å². The maximum absolute atomic E-state index is 11.3. The number of aliphatic imine (C=N–C) groups is 1. The van der Waals surface area contributed by atoms with E-state index in [1.165, 1.54) is 6.42 Å². The van der Waals surface area contributed by atoms with Gasteiger partial charge in [0.15, 0.2) is 0 Å². The van der Waals surface area contributed by atoms with Crippen LogP contribution in [0.1, 0.15) is 24.8 Å². The largest absolute Gasteiger partial charge is 0.456 e. The molecule has 0 spiro atoms. The summed E-state index contributed by atoms with van der Waals surface area (Å²) in [6.45, 7) is 1.92. The lowest BCUT2D eigenvalue weighted by atomic mass is 10.1. The van der Waals surface area contributed by atoms with Crippen LogP contribution in [0.3, 0.4) is 0 Å². The Kier molecular flexibility index (Phi) is 4.67. The van der Waals surface area contributed by atoms with Gasteiger partial charge in [-0.1, -0.05) is 18.2 Å². The van der Waals surface area contributed by atoms with Gasteiger partial charge in [0.25, 0.3) is 5.69 Å². The van der Waals surface area contributed by atoms with Crippen molar-refractivity contribution in [2.24, 2.45) is 4.99 Å². The van der Waals surface area contributed by atoms with Crippen LogP contribution in [0.5, 0.6) is 0 Å². The van der Waals surface area contributed by atoms with E-state index in [0.29, 0.717) is 0 Å². The molecule has 0 saturated carbocycles. The Morgan fingerprint density at radius 1 is 0.933 bits per heavy atom. The molecular weight excluding hydrogens is 378 g/mol. The van der Waals surface area contributed by atoms with Gasteiger partial charge in [0, 0.05) is 59.5 Å². The fraction of sp³-hybridized carbons (Fsp3) is 0.208. The van der Waals surface area contributed by atoms with Gasteiger partial charge in [-0.15, -0.1) is 0 Å². The predicted molar refractivity (Wildman–Crippen MR) is 120 cm³/mol. The molecule has 5 rings (SSSR count). The minimum Gasteiger partial charge on any atom is -0.456 e. The van der Waals surface area contributed by atoms with Crippen molar-refractivity contribution in [2.75, 3.05) is 18.0 Å². The molecule has 1 aliphatic rings. The van der Waals surface area contributed by atoms with Crippen LogP contribution in [0.2, 0.25) is 0 Å². The first-order valence-electron chi connectivity index (χ1n) is 10.2. The van der Waals surface area contributed by atoms with Crippen molar-refractivity contribution in [2.45, 2.75) is 19.3 Å². The molecule has 0 bridgehead atoms. The summed E-state index contributed by atoms with van der Waals surface area (Å²) in [5, 5.41) is 13.4. The molecule has 0 unspecified atom stereocenters. The van der Waals surface area contributed by atoms with Crippen LogP contribution >= 0.6 is 0 Å². The molecule has 1 aliphatic heterocycles. The van der Waals surface area contributed by atoms with Crippen LogP contribution in [0.15, 0.2) is 70.1 Å². The number of anilines is 1. The number of furan rings is 1. The molecule has 4 aromatic rings. The predicted octanol–water partition coefficient (Wildman–Crippen LogP) is 6.24. The average molecular weight is 399 g/mol. The maximum atomic E-state index is 11.3. The molecule has 0 aliphatic carbocycles. The molecule has 1 aromatic heterocycles. The molecular formula is C24H21N3O3. The fourth-order valence-electron chi connectivity index (χ4n) is 4.12. The van der Waals surface area contributed by atoms with E-state index in [1.54, 1.807) is 18.3 Å². The second-order valence-corrected chi connectivity index (χ2v) is 7.58. The maximum Gasteiger partial charge on any atom is 0.270 e. The van der Waals surface area contributed by atoms with Gasteiger partial charge in [0.2, 0.25) is 0 Å². The number of hydrogen-bond acceptors (Lipinski definition) is 5. The standard InChI is InChI=1S/C24H21N3O3/c28-27(29)19-9-11-22(26-12-4-1-5-13-26)17(14-19)16-25-18-8-10-21-20-6-2-3-7-23(20)30-24(21)15-18/h2-3,6-11,14-16H,1,4-5,12-13H2. The molecule has 30 heavy (non-hydrogen) atoms. The SMILES string of the molecule is O=[N+]([O-])c1ccc(N2CCCCC2)c(C=Nc2ccc3c(c2)oc2ccccc23)c1. The van der Waals surface area contributed by atoms with Crippen LogP contribution < -0.4 is 4.90 Å². The number of hydrogen-bond donors (Lipinski definition) is 0. The highest BCUT2D eigenvalue weighted by Crippen LogP contribution is 2.32. The van der Waals surface area contributed by atoms with Gasteiger partial charge in [-0.25, -0.2) is 0 Å². The van der Waals surface area contributed by atoms with Gasteiger partial charge in [-0.05, 0) is 43.5 Å². The van der Waals surface area contributed by atoms with E-state index in [9.17, 15) is 10.1 Å². The molecule has 3 aromatic carbocycles. The molecule has 150 valence electrons. The van der Waals surface area contributed by atoms with Gasteiger partial charge < -0.3 is 9.32 Å². The number of fused-ring (bicyclic) bond motifs is 3. The summed E-state index contributed by atoms with van der Waals surface area (Å²) in [6, 6.07) is 18.8. The molecule has 6 heteroatoms. The molecule has 0 amide bonds. The molecule has 0 N–H and O–H groups in total. The summed E-state index contributed by atoms with van der Waals surface area (Å²) in [5.41, 5.74) is 4.20. The van der Waals surface area contributed by atoms with Crippen molar-refractivity contribution in [3.63, 3.8) is 0 Å². The third-order valence-corrected chi connectivity index (χ3v) is 5.63. The smallest absolute Gasteiger partial charge is 0.270 e. The summed E-state index contributed by atoms with van der Waals surface area (Å²) in [7, 11) is 0. The second-order valence-electron chi connectivity index (χ2n) is 7.58. The first kappa shape index (κ1) is 18.4. The van der Waals surface area contributed by atoms with Crippen molar-refractivity contribution in [1.29, 1.82) is 0 Å². The zero-order valence-corrected chi connectivity index (χ0v) is 16.5. The van der Waals surface area contributed by atoms with Crippen molar-refractivity contribution in [3.8, 4) is 0 Å². The highest BCUT2D eigenvalue weighted by molar-refractivity contribution is 6.05. The van der Waals surface area contributed by atoms with Crippen LogP contribution in [-0.4, -0.2) is 24.2 Å². The molecule has 0 radical (unpaired) electrons. The zero-order valence-electron chi connectivity index (χ0n) is 16.5. The van der Waals surface area contributed by atoms with Gasteiger partial charge in [-0.2, -0.15) is 0 Å². The summed E-state index contributed by atoms with van der Waals surface area (Å²) < 4.78 is 5.94. The van der Waals surface area contributed by atoms with Crippen molar-refractivity contribution >= 4 is 45.2 Å². The first-order valence-corrected chi connectivity index (χ1v) is 10.2. The third-order valence-electron chi connectivity index (χ3n) is 5.63. The summed E-state index contributed by atoms with van der Waals surface area (Å²) in [6.07, 6.45) is 5.22. The number of non-ortho nitro benzene ring substituents is 1. The number of benzene rings is 3. The van der Waals surface area contributed by atoms with E-state index in [2.05, 4.69) is 9.89 Å². The van der Waals surface area contributed by atoms with Gasteiger partial charge >= 0.3 is 0 Å². The van der Waals surface area contributed by atoms with E-state index in [-0.39, 0.29) is 10.6 Å². The van der Waals surface area contributed by atoms with Crippen LogP contribution in [-0.2, 0) is 0 Å². The van der Waals surface area contributed by atoms with Gasteiger partial charge in [0.05, 0.1) is 10.6 Å². The van der Waals surface area contributed by atoms with Crippen molar-refractivity contribution in [1.82, 2.24) is 0 Å². The number of piperidine rings is 1. The minimum absolute atomic E-state index is 0.0740. The Balaban J connectivity index is 1.52. The number of nitrogens with zero attached hydrogens (tertiary/aromatic N) is 3. The molecule has 1 fully saturated rings. The lowest BCUT2D eigenvalue weighted by molar-refractivity contribution is -0.384. The lowest BCUT2D eigenvalue weighted by Crippen LogP contribution is -2.30. The topological polar surface area (TPSA) is 71.9 Å². The van der Waals surface area contributed by atoms with E-state index in [4.69, 9.17) is 4.42 Å². The minimum atomic E-state index is -0.363. The Bertz CT molecular complexity index is 1270. The zero-order chi connectivity index (χ0) is 20.5. The Labute approximate surface area is 173 Å². The number of rotatable bonds is 4. The lowest BCUT2D eigenvalue weighted by Gasteiger charge is -2.29. The molecule has 1 saturated heterocycles. The third kappa shape index (κ3) is 3.41. The van der Waals surface area contributed by atoms with E-state index >= 15 is 0 Å². The highest BCUT2D eigenvalue weighted by atomic mass is 16.6. The Hall–Kier alpha value is -3.67. The van der Waals surface area contributed by atoms with Gasteiger partial charge in [-0.3, -0.25) is 15.1 Å². The van der Waals surface area contributed by atoms with Crippen molar-refractivity contribution < 1.29 is 9.34 Å². The van der Waals surface area contributed by atoms with Crippen LogP contribution in [0, 0.1) is 10.1 Å². The van der Waals surface area contributed by atoms with E-state index in [0.717, 1.165) is 64.8 Å². The number of nitro benzene ring substituents is 1. The Morgan fingerprint density at radius 3 is 2.57 bits per heavy atom. The quantitative estimate of drug-likeness (QED) is 0.231. The van der Waals surface area contributed by atoms with Crippen molar-refractivity contribution in [3.05, 3.63) is 76.3 Å². The van der Waals surface area contributed by atoms with E-state index < -0.39 is 0 Å². The number of nitro groups is 1. The van der Waals surface area contributed by atoms with Gasteiger partial charge in [0.1, 0.15) is 11.2 Å². The first-order chi connectivity index (χ1) is 14.7. The number of para-hydroxylation sites is 1. The van der Waals surface area contributed by atoms with Crippen LogP contribution in [0.4, 0.5) is 17.1 Å². The fourth-order valence-corrected chi connectivity index (χ4v) is 4.12. The normalized spacial score (nSPS) is 14.7. The van der Waals surface area contributed by atoms with E-state index in [1.807, 2.05) is 48.5 Å². The highest BCUT2D eigenvalue weighted by Gasteiger charge is 2.17. The molecule has 0 atom stereocenters. The average Bonchev–Trinajstić information content (AvgIpc) is 3.16. The molecule has 2 heterocycles. The summed E-state index contributed by atoms with van der Waals surface area (Å²) in [5.74, 6) is 0. The molecule has 6 nitrogen and oxygen atoms in total.